The molecule has 0 spiro atoms. The highest BCUT2D eigenvalue weighted by molar-refractivity contribution is 5.67. The third-order valence-corrected chi connectivity index (χ3v) is 2.34. The highest BCUT2D eigenvalue weighted by atomic mass is 16.3. The van der Waals surface area contributed by atoms with Crippen LogP contribution in [0, 0.1) is 0 Å². The van der Waals surface area contributed by atoms with E-state index < -0.39 is 0 Å². The van der Waals surface area contributed by atoms with E-state index in [9.17, 15) is 0 Å². The molecule has 3 heteroatoms. The Morgan fingerprint density at radius 2 is 2.07 bits per heavy atom. The molecule has 0 aromatic carbocycles. The van der Waals surface area contributed by atoms with Gasteiger partial charge in [0.05, 0.1) is 0 Å². The molecule has 0 saturated heterocycles. The van der Waals surface area contributed by atoms with E-state index >= 15 is 0 Å². The lowest BCUT2D eigenvalue weighted by atomic mass is 10.0. The van der Waals surface area contributed by atoms with E-state index in [4.69, 9.17) is 4.42 Å². The van der Waals surface area contributed by atoms with Gasteiger partial charge in [0.25, 0.3) is 0 Å². The van der Waals surface area contributed by atoms with Crippen molar-refractivity contribution in [1.82, 2.24) is 9.97 Å². The molecule has 0 bridgehead atoms. The maximum Gasteiger partial charge on any atom is 0.246 e. The Labute approximate surface area is 90.5 Å². The Bertz CT molecular complexity index is 409. The number of aromatic nitrogens is 2. The number of pyridine rings is 1. The van der Waals surface area contributed by atoms with Crippen molar-refractivity contribution in [1.29, 1.82) is 0 Å². The second-order valence-electron chi connectivity index (χ2n) is 3.22. The molecule has 2 aromatic heterocycles. The first-order chi connectivity index (χ1) is 7.31. The minimum atomic E-state index is 0.481. The summed E-state index contributed by atoms with van der Waals surface area (Å²) in [7, 11) is 0. The van der Waals surface area contributed by atoms with Crippen molar-refractivity contribution in [3.63, 3.8) is 0 Å². The average molecular weight is 206 g/mol. The third-order valence-electron chi connectivity index (χ3n) is 2.34. The summed E-state index contributed by atoms with van der Waals surface area (Å²) in [6.45, 7) is 8.31. The van der Waals surface area contributed by atoms with Crippen LogP contribution < -0.4 is 0 Å². The van der Waals surface area contributed by atoms with Crippen LogP contribution in [0.5, 0.6) is 0 Å². The first kappa shape index (κ1) is 11.7. The van der Waals surface area contributed by atoms with Crippen LogP contribution in [0.1, 0.15) is 45.7 Å². The van der Waals surface area contributed by atoms with Crippen LogP contribution in [0.3, 0.4) is 0 Å². The Kier molecular flexibility index (Phi) is 4.28. The quantitative estimate of drug-likeness (QED) is 0.750. The molecule has 82 valence electrons. The van der Waals surface area contributed by atoms with E-state index in [0.717, 1.165) is 17.6 Å². The minimum Gasteiger partial charge on any atom is -0.425 e. The Balaban J connectivity index is 0.000000531. The van der Waals surface area contributed by atoms with Crippen LogP contribution in [0.2, 0.25) is 0 Å². The first-order valence-electron chi connectivity index (χ1n) is 5.51. The molecule has 0 amide bonds. The summed E-state index contributed by atoms with van der Waals surface area (Å²) in [6.07, 6.45) is 2.52. The van der Waals surface area contributed by atoms with Gasteiger partial charge in [-0.05, 0) is 24.5 Å². The molecule has 0 aliphatic rings. The van der Waals surface area contributed by atoms with Gasteiger partial charge in [-0.1, -0.05) is 27.7 Å². The first-order valence-corrected chi connectivity index (χ1v) is 5.51. The van der Waals surface area contributed by atoms with Crippen LogP contribution in [0.25, 0.3) is 11.2 Å². The molecule has 2 rings (SSSR count). The minimum absolute atomic E-state index is 0.481. The van der Waals surface area contributed by atoms with Crippen molar-refractivity contribution in [3.8, 4) is 0 Å². The van der Waals surface area contributed by atoms with Gasteiger partial charge in [-0.25, -0.2) is 9.97 Å². The number of fused-ring (bicyclic) bond motifs is 1. The molecule has 0 saturated carbocycles. The molecule has 0 radical (unpaired) electrons. The van der Waals surface area contributed by atoms with Gasteiger partial charge in [-0.2, -0.15) is 0 Å². The normalized spacial score (nSPS) is 12.0. The van der Waals surface area contributed by atoms with Crippen molar-refractivity contribution in [3.05, 3.63) is 24.2 Å². The van der Waals surface area contributed by atoms with Gasteiger partial charge < -0.3 is 4.42 Å². The molecule has 0 fully saturated rings. The third kappa shape index (κ3) is 2.55. The lowest BCUT2D eigenvalue weighted by molar-refractivity contribution is 0.585. The van der Waals surface area contributed by atoms with Crippen LogP contribution in [-0.2, 0) is 0 Å². The zero-order valence-electron chi connectivity index (χ0n) is 9.82. The molecule has 0 aliphatic carbocycles. The second kappa shape index (κ2) is 5.49. The van der Waals surface area contributed by atoms with Gasteiger partial charge >= 0.3 is 0 Å². The Hall–Kier alpha value is -1.38. The van der Waals surface area contributed by atoms with E-state index in [1.54, 1.807) is 0 Å². The van der Waals surface area contributed by atoms with Crippen molar-refractivity contribution in [2.24, 2.45) is 0 Å². The van der Waals surface area contributed by atoms with Crippen molar-refractivity contribution >= 4 is 11.2 Å². The zero-order valence-corrected chi connectivity index (χ0v) is 9.82. The van der Waals surface area contributed by atoms with Gasteiger partial charge in [-0.3, -0.25) is 0 Å². The fourth-order valence-electron chi connectivity index (χ4n) is 1.25. The van der Waals surface area contributed by atoms with E-state index in [0.29, 0.717) is 11.6 Å². The molecule has 15 heavy (non-hydrogen) atoms. The van der Waals surface area contributed by atoms with E-state index in [2.05, 4.69) is 23.8 Å². The highest BCUT2D eigenvalue weighted by Gasteiger charge is 2.06. The molecule has 1 atom stereocenters. The summed E-state index contributed by atoms with van der Waals surface area (Å²) in [5.41, 5.74) is 2.54. The zero-order chi connectivity index (χ0) is 11.3. The van der Waals surface area contributed by atoms with Crippen molar-refractivity contribution < 1.29 is 4.42 Å². The van der Waals surface area contributed by atoms with Crippen LogP contribution in [0.4, 0.5) is 0 Å². The number of rotatable bonds is 2. The van der Waals surface area contributed by atoms with Gasteiger partial charge in [0, 0.05) is 5.69 Å². The SMILES string of the molecule is CC.CCC(C)c1ccc2ncoc2n1. The standard InChI is InChI=1S/C10H12N2O.C2H6/c1-3-7(2)8-4-5-9-10(12-8)13-6-11-9;1-2/h4-7H,3H2,1-2H3;1-2H3. The molecule has 2 heterocycles. The maximum absolute atomic E-state index is 5.13. The number of hydrogen-bond donors (Lipinski definition) is 0. The number of hydrogen-bond acceptors (Lipinski definition) is 3. The van der Waals surface area contributed by atoms with Crippen LogP contribution in [0.15, 0.2) is 22.9 Å². The average Bonchev–Trinajstić information content (AvgIpc) is 2.77. The maximum atomic E-state index is 5.13. The van der Waals surface area contributed by atoms with Crippen molar-refractivity contribution in [2.75, 3.05) is 0 Å². The van der Waals surface area contributed by atoms with E-state index in [1.807, 2.05) is 26.0 Å². The second-order valence-corrected chi connectivity index (χ2v) is 3.22. The topological polar surface area (TPSA) is 38.9 Å². The molecule has 0 aliphatic heterocycles. The smallest absolute Gasteiger partial charge is 0.246 e. The molecule has 2 aromatic rings. The van der Waals surface area contributed by atoms with Crippen LogP contribution >= 0.6 is 0 Å². The molecular formula is C12H18N2O. The summed E-state index contributed by atoms with van der Waals surface area (Å²) in [5.74, 6) is 0.481. The summed E-state index contributed by atoms with van der Waals surface area (Å²) < 4.78 is 5.13. The Morgan fingerprint density at radius 3 is 2.73 bits per heavy atom. The molecular weight excluding hydrogens is 188 g/mol. The Morgan fingerprint density at radius 1 is 1.33 bits per heavy atom. The van der Waals surface area contributed by atoms with Gasteiger partial charge in [0.2, 0.25) is 5.71 Å². The summed E-state index contributed by atoms with van der Waals surface area (Å²) in [4.78, 5) is 8.39. The monoisotopic (exact) mass is 206 g/mol. The van der Waals surface area contributed by atoms with E-state index in [-0.39, 0.29) is 0 Å². The summed E-state index contributed by atoms with van der Waals surface area (Å²) in [5, 5.41) is 0. The lowest BCUT2D eigenvalue weighted by Crippen LogP contribution is -1.94. The highest BCUT2D eigenvalue weighted by Crippen LogP contribution is 2.19. The number of nitrogens with zero attached hydrogens (tertiary/aromatic N) is 2. The van der Waals surface area contributed by atoms with Gasteiger partial charge in [0.1, 0.15) is 5.52 Å². The predicted octanol–water partition coefficient (Wildman–Crippen LogP) is 3.76. The van der Waals surface area contributed by atoms with E-state index in [1.165, 1.54) is 6.39 Å². The van der Waals surface area contributed by atoms with Crippen molar-refractivity contribution in [2.45, 2.75) is 40.0 Å². The largest absolute Gasteiger partial charge is 0.425 e. The van der Waals surface area contributed by atoms with Crippen LogP contribution in [-0.4, -0.2) is 9.97 Å². The molecule has 0 N–H and O–H groups in total. The molecule has 1 unspecified atom stereocenters. The predicted molar refractivity (Wildman–Crippen MR) is 61.9 cm³/mol. The van der Waals surface area contributed by atoms with Gasteiger partial charge in [0.15, 0.2) is 6.39 Å². The fourth-order valence-corrected chi connectivity index (χ4v) is 1.25. The summed E-state index contributed by atoms with van der Waals surface area (Å²) in [6, 6.07) is 3.96. The van der Waals surface area contributed by atoms with Gasteiger partial charge in [-0.15, -0.1) is 0 Å². The molecule has 3 nitrogen and oxygen atoms in total. The number of oxazole rings is 1. The summed E-state index contributed by atoms with van der Waals surface area (Å²) >= 11 is 0. The lowest BCUT2D eigenvalue weighted by Gasteiger charge is -2.05. The fraction of sp³-hybridized carbons (Fsp3) is 0.500.